The number of nitrogens with zero attached hydrogens (tertiary/aromatic N) is 1. The highest BCUT2D eigenvalue weighted by Gasteiger charge is 2.03. The SMILES string of the molecule is COc1cc(F)c2ccccc2n1. The molecule has 0 radical (unpaired) electrons. The van der Waals surface area contributed by atoms with E-state index in [4.69, 9.17) is 4.74 Å². The minimum atomic E-state index is -0.303. The van der Waals surface area contributed by atoms with E-state index in [1.165, 1.54) is 13.2 Å². The molecule has 0 aliphatic heterocycles. The van der Waals surface area contributed by atoms with Crippen molar-refractivity contribution in [3.63, 3.8) is 0 Å². The van der Waals surface area contributed by atoms with Crippen molar-refractivity contribution in [1.82, 2.24) is 4.98 Å². The number of hydrogen-bond acceptors (Lipinski definition) is 2. The number of para-hydroxylation sites is 1. The maximum absolute atomic E-state index is 13.3. The summed E-state index contributed by atoms with van der Waals surface area (Å²) >= 11 is 0. The Morgan fingerprint density at radius 2 is 2.08 bits per heavy atom. The summed E-state index contributed by atoms with van der Waals surface area (Å²) in [5.41, 5.74) is 0.611. The van der Waals surface area contributed by atoms with Gasteiger partial charge in [0.15, 0.2) is 0 Å². The topological polar surface area (TPSA) is 22.1 Å². The molecule has 0 unspecified atom stereocenters. The van der Waals surface area contributed by atoms with Crippen molar-refractivity contribution in [2.45, 2.75) is 0 Å². The molecule has 2 rings (SSSR count). The molecule has 0 aliphatic carbocycles. The summed E-state index contributed by atoms with van der Waals surface area (Å²) in [5.74, 6) is -0.00125. The summed E-state index contributed by atoms with van der Waals surface area (Å²) in [5, 5.41) is 0.517. The molecule has 0 saturated heterocycles. The summed E-state index contributed by atoms with van der Waals surface area (Å²) in [6.45, 7) is 0. The predicted octanol–water partition coefficient (Wildman–Crippen LogP) is 2.38. The maximum atomic E-state index is 13.3. The first-order valence-electron chi connectivity index (χ1n) is 3.90. The Morgan fingerprint density at radius 3 is 2.85 bits per heavy atom. The van der Waals surface area contributed by atoms with Crippen LogP contribution >= 0.6 is 0 Å². The molecule has 13 heavy (non-hydrogen) atoms. The minimum absolute atomic E-state index is 0.302. The van der Waals surface area contributed by atoms with Crippen molar-refractivity contribution in [3.8, 4) is 5.88 Å². The normalized spacial score (nSPS) is 10.3. The maximum Gasteiger partial charge on any atom is 0.216 e. The fourth-order valence-electron chi connectivity index (χ4n) is 1.21. The van der Waals surface area contributed by atoms with Crippen molar-refractivity contribution in [1.29, 1.82) is 0 Å². The molecule has 66 valence electrons. The zero-order valence-corrected chi connectivity index (χ0v) is 7.12. The van der Waals surface area contributed by atoms with Gasteiger partial charge in [0.2, 0.25) is 5.88 Å². The van der Waals surface area contributed by atoms with E-state index in [2.05, 4.69) is 4.98 Å². The molecule has 2 aromatic rings. The summed E-state index contributed by atoms with van der Waals surface area (Å²) in [4.78, 5) is 4.09. The van der Waals surface area contributed by atoms with Crippen LogP contribution < -0.4 is 4.74 Å². The van der Waals surface area contributed by atoms with Gasteiger partial charge in [0.05, 0.1) is 12.6 Å². The van der Waals surface area contributed by atoms with Gasteiger partial charge in [-0.2, -0.15) is 0 Å². The van der Waals surface area contributed by atoms with Crippen molar-refractivity contribution in [2.75, 3.05) is 7.11 Å². The number of ether oxygens (including phenoxy) is 1. The molecular weight excluding hydrogens is 169 g/mol. The van der Waals surface area contributed by atoms with Crippen molar-refractivity contribution in [3.05, 3.63) is 36.1 Å². The molecule has 3 heteroatoms. The highest BCUT2D eigenvalue weighted by atomic mass is 19.1. The highest BCUT2D eigenvalue weighted by Crippen LogP contribution is 2.19. The van der Waals surface area contributed by atoms with Crippen LogP contribution in [0, 0.1) is 5.82 Å². The molecule has 0 aliphatic rings. The van der Waals surface area contributed by atoms with E-state index < -0.39 is 0 Å². The molecule has 1 aromatic carbocycles. The predicted molar refractivity (Wildman–Crippen MR) is 48.3 cm³/mol. The van der Waals surface area contributed by atoms with E-state index >= 15 is 0 Å². The zero-order valence-electron chi connectivity index (χ0n) is 7.12. The number of pyridine rings is 1. The number of fused-ring (bicyclic) bond motifs is 1. The Morgan fingerprint density at radius 1 is 1.31 bits per heavy atom. The van der Waals surface area contributed by atoms with E-state index in [1.54, 1.807) is 18.2 Å². The van der Waals surface area contributed by atoms with Gasteiger partial charge in [-0.3, -0.25) is 0 Å². The Hall–Kier alpha value is -1.64. The highest BCUT2D eigenvalue weighted by molar-refractivity contribution is 5.79. The van der Waals surface area contributed by atoms with Crippen LogP contribution in [0.15, 0.2) is 30.3 Å². The third kappa shape index (κ3) is 1.33. The Bertz CT molecular complexity index is 442. The van der Waals surface area contributed by atoms with Gasteiger partial charge in [-0.25, -0.2) is 9.37 Å². The number of hydrogen-bond donors (Lipinski definition) is 0. The second kappa shape index (κ2) is 3.01. The van der Waals surface area contributed by atoms with Crippen molar-refractivity contribution in [2.24, 2.45) is 0 Å². The van der Waals surface area contributed by atoms with Crippen LogP contribution in [0.2, 0.25) is 0 Å². The van der Waals surface area contributed by atoms with Crippen LogP contribution in [-0.2, 0) is 0 Å². The zero-order chi connectivity index (χ0) is 9.26. The largest absolute Gasteiger partial charge is 0.481 e. The van der Waals surface area contributed by atoms with Gasteiger partial charge in [-0.15, -0.1) is 0 Å². The number of halogens is 1. The van der Waals surface area contributed by atoms with Crippen LogP contribution in [0.5, 0.6) is 5.88 Å². The lowest BCUT2D eigenvalue weighted by atomic mass is 10.2. The lowest BCUT2D eigenvalue weighted by Crippen LogP contribution is -1.90. The molecule has 0 fully saturated rings. The lowest BCUT2D eigenvalue weighted by molar-refractivity contribution is 0.396. The van der Waals surface area contributed by atoms with Crippen LogP contribution in [0.25, 0.3) is 10.9 Å². The first-order chi connectivity index (χ1) is 6.31. The Labute approximate surface area is 75.0 Å². The third-order valence-corrected chi connectivity index (χ3v) is 1.85. The van der Waals surface area contributed by atoms with Gasteiger partial charge in [0, 0.05) is 11.5 Å². The van der Waals surface area contributed by atoms with Crippen LogP contribution in [0.3, 0.4) is 0 Å². The summed E-state index contributed by atoms with van der Waals surface area (Å²) in [7, 11) is 1.47. The summed E-state index contributed by atoms with van der Waals surface area (Å²) in [6, 6.07) is 8.31. The molecule has 0 amide bonds. The standard InChI is InChI=1S/C10H8FNO/c1-13-10-6-8(11)7-4-2-3-5-9(7)12-10/h2-6H,1H3. The van der Waals surface area contributed by atoms with E-state index in [0.29, 0.717) is 16.8 Å². The number of methoxy groups -OCH3 is 1. The first-order valence-corrected chi connectivity index (χ1v) is 3.90. The van der Waals surface area contributed by atoms with E-state index in [-0.39, 0.29) is 5.82 Å². The number of aromatic nitrogens is 1. The van der Waals surface area contributed by atoms with Crippen LogP contribution in [0.4, 0.5) is 4.39 Å². The summed E-state index contributed by atoms with van der Waals surface area (Å²) < 4.78 is 18.2. The van der Waals surface area contributed by atoms with Crippen LogP contribution in [0.1, 0.15) is 0 Å². The van der Waals surface area contributed by atoms with Gasteiger partial charge in [-0.05, 0) is 12.1 Å². The molecule has 0 spiro atoms. The molecule has 1 aromatic heterocycles. The minimum Gasteiger partial charge on any atom is -0.481 e. The molecule has 0 bridgehead atoms. The molecule has 2 nitrogen and oxygen atoms in total. The number of benzene rings is 1. The fourth-order valence-corrected chi connectivity index (χ4v) is 1.21. The van der Waals surface area contributed by atoms with E-state index in [9.17, 15) is 4.39 Å². The second-order valence-corrected chi connectivity index (χ2v) is 2.66. The van der Waals surface area contributed by atoms with E-state index in [1.807, 2.05) is 6.07 Å². The smallest absolute Gasteiger partial charge is 0.216 e. The lowest BCUT2D eigenvalue weighted by Gasteiger charge is -2.01. The Kier molecular flexibility index (Phi) is 1.85. The van der Waals surface area contributed by atoms with Gasteiger partial charge >= 0.3 is 0 Å². The average molecular weight is 177 g/mol. The van der Waals surface area contributed by atoms with Crippen LogP contribution in [-0.4, -0.2) is 12.1 Å². The van der Waals surface area contributed by atoms with E-state index in [0.717, 1.165) is 0 Å². The molecule has 0 atom stereocenters. The van der Waals surface area contributed by atoms with Gasteiger partial charge in [0.1, 0.15) is 5.82 Å². The first kappa shape index (κ1) is 7.98. The van der Waals surface area contributed by atoms with Gasteiger partial charge < -0.3 is 4.74 Å². The number of rotatable bonds is 1. The second-order valence-electron chi connectivity index (χ2n) is 2.66. The molecule has 0 N–H and O–H groups in total. The fraction of sp³-hybridized carbons (Fsp3) is 0.100. The van der Waals surface area contributed by atoms with Crippen molar-refractivity contribution >= 4 is 10.9 Å². The van der Waals surface area contributed by atoms with Gasteiger partial charge in [0.25, 0.3) is 0 Å². The monoisotopic (exact) mass is 177 g/mol. The third-order valence-electron chi connectivity index (χ3n) is 1.85. The molecule has 0 saturated carbocycles. The summed E-state index contributed by atoms with van der Waals surface area (Å²) in [6.07, 6.45) is 0. The average Bonchev–Trinajstić information content (AvgIpc) is 2.18. The molecular formula is C10H8FNO. The molecule has 1 heterocycles. The van der Waals surface area contributed by atoms with Gasteiger partial charge in [-0.1, -0.05) is 12.1 Å². The van der Waals surface area contributed by atoms with Crippen molar-refractivity contribution < 1.29 is 9.13 Å². The Balaban J connectivity index is 2.77. The quantitative estimate of drug-likeness (QED) is 0.667.